The van der Waals surface area contributed by atoms with Gasteiger partial charge in [-0.15, -0.1) is 0 Å². The van der Waals surface area contributed by atoms with Crippen LogP contribution in [0, 0.1) is 0 Å². The van der Waals surface area contributed by atoms with E-state index in [2.05, 4.69) is 49.9 Å². The van der Waals surface area contributed by atoms with Crippen molar-refractivity contribution in [2.45, 2.75) is 47.5 Å². The van der Waals surface area contributed by atoms with E-state index in [1.165, 1.54) is 11.3 Å². The van der Waals surface area contributed by atoms with Crippen molar-refractivity contribution in [1.29, 1.82) is 0 Å². The van der Waals surface area contributed by atoms with Gasteiger partial charge in [-0.3, -0.25) is 0 Å². The van der Waals surface area contributed by atoms with E-state index in [1.54, 1.807) is 12.1 Å². The summed E-state index contributed by atoms with van der Waals surface area (Å²) in [4.78, 5) is 13.6. The number of nitrogens with zero attached hydrogens (tertiary/aromatic N) is 1. The lowest BCUT2D eigenvalue weighted by Gasteiger charge is -2.25. The fourth-order valence-electron chi connectivity index (χ4n) is 4.02. The average Bonchev–Trinajstić information content (AvgIpc) is 2.91. The fraction of sp³-hybridized carbons (Fsp3) is 0.367. The fourth-order valence-corrected chi connectivity index (χ4v) is 4.02. The van der Waals surface area contributed by atoms with Gasteiger partial charge >= 0.3 is 5.97 Å². The second-order valence-electron chi connectivity index (χ2n) is 7.89. The molecule has 0 spiro atoms. The molecular formula is C30H39NO4. The van der Waals surface area contributed by atoms with Crippen molar-refractivity contribution in [1.82, 2.24) is 0 Å². The second kappa shape index (κ2) is 14.2. The molecule has 2 N–H and O–H groups in total. The number of benzene rings is 3. The van der Waals surface area contributed by atoms with E-state index >= 15 is 0 Å². The molecule has 0 saturated carbocycles. The zero-order valence-electron chi connectivity index (χ0n) is 21.7. The molecule has 0 atom stereocenters. The SMILES string of the molecule is CC.CCc1cc(-c2cc(-c3ccc(C(=O)O)cc3)ccc2OCCCO)ccc1N(CC)CC. The van der Waals surface area contributed by atoms with Gasteiger partial charge in [0.25, 0.3) is 0 Å². The number of hydrogen-bond donors (Lipinski definition) is 2. The Kier molecular flexibility index (Phi) is 11.3. The molecule has 0 aromatic heterocycles. The molecule has 3 aromatic rings. The molecule has 0 fully saturated rings. The molecule has 0 aliphatic rings. The van der Waals surface area contributed by atoms with Gasteiger partial charge in [-0.05, 0) is 78.9 Å². The number of rotatable bonds is 11. The minimum atomic E-state index is -0.935. The molecule has 0 bridgehead atoms. The summed E-state index contributed by atoms with van der Waals surface area (Å²) >= 11 is 0. The third kappa shape index (κ3) is 7.09. The Morgan fingerprint density at radius 1 is 0.857 bits per heavy atom. The van der Waals surface area contributed by atoms with Crippen LogP contribution in [0.5, 0.6) is 5.75 Å². The molecule has 0 heterocycles. The first-order chi connectivity index (χ1) is 17.0. The molecular weight excluding hydrogens is 438 g/mol. The van der Waals surface area contributed by atoms with Gasteiger partial charge in [-0.25, -0.2) is 4.79 Å². The molecule has 188 valence electrons. The minimum absolute atomic E-state index is 0.0852. The van der Waals surface area contributed by atoms with Crippen LogP contribution < -0.4 is 9.64 Å². The highest BCUT2D eigenvalue weighted by Gasteiger charge is 2.14. The van der Waals surface area contributed by atoms with E-state index in [4.69, 9.17) is 9.84 Å². The van der Waals surface area contributed by atoms with Crippen LogP contribution in [0.1, 0.15) is 57.0 Å². The van der Waals surface area contributed by atoms with Gasteiger partial charge in [0.1, 0.15) is 5.75 Å². The number of carboxylic acid groups (broad SMARTS) is 1. The highest BCUT2D eigenvalue weighted by Crippen LogP contribution is 2.37. The van der Waals surface area contributed by atoms with Crippen LogP contribution >= 0.6 is 0 Å². The topological polar surface area (TPSA) is 70.0 Å². The lowest BCUT2D eigenvalue weighted by Crippen LogP contribution is -2.23. The van der Waals surface area contributed by atoms with Crippen LogP contribution in [-0.4, -0.2) is 42.5 Å². The third-order valence-electron chi connectivity index (χ3n) is 5.88. The lowest BCUT2D eigenvalue weighted by atomic mass is 9.95. The number of hydrogen-bond acceptors (Lipinski definition) is 4. The van der Waals surface area contributed by atoms with E-state index in [9.17, 15) is 9.90 Å². The second-order valence-corrected chi connectivity index (χ2v) is 7.89. The van der Waals surface area contributed by atoms with Gasteiger partial charge in [0.05, 0.1) is 12.2 Å². The molecule has 0 saturated heterocycles. The number of carbonyl (C=O) groups is 1. The van der Waals surface area contributed by atoms with Crippen molar-refractivity contribution in [2.75, 3.05) is 31.2 Å². The maximum Gasteiger partial charge on any atom is 0.335 e. The minimum Gasteiger partial charge on any atom is -0.493 e. The molecule has 0 aliphatic heterocycles. The summed E-state index contributed by atoms with van der Waals surface area (Å²) in [6.07, 6.45) is 1.50. The van der Waals surface area contributed by atoms with E-state index < -0.39 is 5.97 Å². The first-order valence-electron chi connectivity index (χ1n) is 12.6. The van der Waals surface area contributed by atoms with Crippen LogP contribution in [0.2, 0.25) is 0 Å². The van der Waals surface area contributed by atoms with Gasteiger partial charge in [0, 0.05) is 37.4 Å². The number of aromatic carboxylic acids is 1. The Hall–Kier alpha value is -3.31. The summed E-state index contributed by atoms with van der Waals surface area (Å²) in [7, 11) is 0. The van der Waals surface area contributed by atoms with Gasteiger partial charge in [0.15, 0.2) is 0 Å². The predicted octanol–water partition coefficient (Wildman–Crippen LogP) is 6.91. The zero-order chi connectivity index (χ0) is 25.8. The molecule has 3 aromatic carbocycles. The number of ether oxygens (including phenoxy) is 1. The maximum absolute atomic E-state index is 11.2. The Bertz CT molecular complexity index is 1070. The number of aryl methyl sites for hydroxylation is 1. The zero-order valence-corrected chi connectivity index (χ0v) is 21.7. The van der Waals surface area contributed by atoms with Crippen LogP contribution in [0.4, 0.5) is 5.69 Å². The van der Waals surface area contributed by atoms with E-state index in [-0.39, 0.29) is 12.2 Å². The maximum atomic E-state index is 11.2. The average molecular weight is 478 g/mol. The number of aliphatic hydroxyl groups excluding tert-OH is 1. The van der Waals surface area contributed by atoms with Crippen molar-refractivity contribution < 1.29 is 19.7 Å². The highest BCUT2D eigenvalue weighted by molar-refractivity contribution is 5.88. The Labute approximate surface area is 210 Å². The van der Waals surface area contributed by atoms with Crippen molar-refractivity contribution in [2.24, 2.45) is 0 Å². The van der Waals surface area contributed by atoms with Crippen molar-refractivity contribution in [3.63, 3.8) is 0 Å². The summed E-state index contributed by atoms with van der Waals surface area (Å²) in [5.74, 6) is -0.165. The Morgan fingerprint density at radius 3 is 2.06 bits per heavy atom. The number of anilines is 1. The van der Waals surface area contributed by atoms with E-state index in [0.29, 0.717) is 13.0 Å². The molecule has 35 heavy (non-hydrogen) atoms. The summed E-state index contributed by atoms with van der Waals surface area (Å²) in [5, 5.41) is 18.3. The Balaban J connectivity index is 0.00000210. The molecule has 5 nitrogen and oxygen atoms in total. The summed E-state index contributed by atoms with van der Waals surface area (Å²) < 4.78 is 6.02. The summed E-state index contributed by atoms with van der Waals surface area (Å²) in [5.41, 5.74) is 6.80. The Morgan fingerprint density at radius 2 is 1.49 bits per heavy atom. The van der Waals surface area contributed by atoms with Crippen molar-refractivity contribution in [3.05, 3.63) is 71.8 Å². The first kappa shape index (κ1) is 27.9. The van der Waals surface area contributed by atoms with Gasteiger partial charge < -0.3 is 19.8 Å². The van der Waals surface area contributed by atoms with Crippen LogP contribution in [0.25, 0.3) is 22.3 Å². The number of carboxylic acids is 1. The molecule has 0 aliphatic carbocycles. The molecule has 0 unspecified atom stereocenters. The molecule has 0 radical (unpaired) electrons. The van der Waals surface area contributed by atoms with E-state index in [1.807, 2.05) is 38.1 Å². The third-order valence-corrected chi connectivity index (χ3v) is 5.88. The van der Waals surface area contributed by atoms with Crippen molar-refractivity contribution in [3.8, 4) is 28.0 Å². The van der Waals surface area contributed by atoms with Gasteiger partial charge in [-0.1, -0.05) is 45.0 Å². The summed E-state index contributed by atoms with van der Waals surface area (Å²) in [6, 6.07) is 19.5. The molecule has 0 amide bonds. The van der Waals surface area contributed by atoms with Gasteiger partial charge in [-0.2, -0.15) is 0 Å². The van der Waals surface area contributed by atoms with Crippen LogP contribution in [0.15, 0.2) is 60.7 Å². The monoisotopic (exact) mass is 477 g/mol. The smallest absolute Gasteiger partial charge is 0.335 e. The predicted molar refractivity (Wildman–Crippen MR) is 146 cm³/mol. The first-order valence-corrected chi connectivity index (χ1v) is 12.6. The quantitative estimate of drug-likeness (QED) is 0.294. The summed E-state index contributed by atoms with van der Waals surface area (Å²) in [6.45, 7) is 13.0. The number of aliphatic hydroxyl groups is 1. The lowest BCUT2D eigenvalue weighted by molar-refractivity contribution is 0.0697. The normalized spacial score (nSPS) is 10.3. The highest BCUT2D eigenvalue weighted by atomic mass is 16.5. The van der Waals surface area contributed by atoms with Crippen LogP contribution in [0.3, 0.4) is 0 Å². The molecule has 3 rings (SSSR count). The van der Waals surface area contributed by atoms with Gasteiger partial charge in [0.2, 0.25) is 0 Å². The van der Waals surface area contributed by atoms with Crippen LogP contribution in [-0.2, 0) is 6.42 Å². The largest absolute Gasteiger partial charge is 0.493 e. The van der Waals surface area contributed by atoms with Crippen molar-refractivity contribution >= 4 is 11.7 Å². The van der Waals surface area contributed by atoms with E-state index in [0.717, 1.165) is 47.5 Å². The molecule has 5 heteroatoms. The standard InChI is InChI=1S/C28H33NO4.C2H6/c1-4-20-18-24(12-14-26(20)29(5-2)6-3)25-19-23(13-15-27(25)33-17-7-16-30)21-8-10-22(11-9-21)28(31)32;1-2/h8-15,18-19,30H,4-7,16-17H2,1-3H3,(H,31,32);1-2H3.